The zero-order valence-electron chi connectivity index (χ0n) is 27.4. The highest BCUT2D eigenvalue weighted by Crippen LogP contribution is 2.34. The first-order valence-electron chi connectivity index (χ1n) is 16.7. The fourth-order valence-electron chi connectivity index (χ4n) is 6.69. The van der Waals surface area contributed by atoms with Gasteiger partial charge in [0, 0.05) is 54.0 Å². The zero-order valence-corrected chi connectivity index (χ0v) is 27.4. The number of urea groups is 2. The molecule has 2 unspecified atom stereocenters. The minimum atomic E-state index is -0.314. The first-order chi connectivity index (χ1) is 24.1. The predicted molar refractivity (Wildman–Crippen MR) is 195 cm³/mol. The summed E-state index contributed by atoms with van der Waals surface area (Å²) in [5.74, 6) is 1.23. The molecule has 5 N–H and O–H groups in total. The largest absolute Gasteiger partial charge is 0.480 e. The van der Waals surface area contributed by atoms with Gasteiger partial charge in [0.25, 0.3) is 0 Å². The van der Waals surface area contributed by atoms with Gasteiger partial charge in [0.2, 0.25) is 5.88 Å². The van der Waals surface area contributed by atoms with Crippen molar-refractivity contribution in [2.75, 3.05) is 46.4 Å². The average molecular weight is 657 g/mol. The van der Waals surface area contributed by atoms with Crippen molar-refractivity contribution in [1.82, 2.24) is 15.3 Å². The van der Waals surface area contributed by atoms with Crippen molar-refractivity contribution in [3.63, 3.8) is 0 Å². The van der Waals surface area contributed by atoms with E-state index in [1.54, 1.807) is 29.4 Å². The SMILES string of the molecule is COc1ncccc1NC(=O)N(CCC1CCc2cccnc2N1)c1ccc(NC(=O)NCC2CCc3ccccc3N2)c2ccccc12. The molecule has 49 heavy (non-hydrogen) atoms. The summed E-state index contributed by atoms with van der Waals surface area (Å²) >= 11 is 0. The third kappa shape index (κ3) is 7.20. The van der Waals surface area contributed by atoms with E-state index in [0.29, 0.717) is 36.8 Å². The van der Waals surface area contributed by atoms with E-state index >= 15 is 0 Å². The molecular formula is C38H40N8O3. The molecule has 7 rings (SSSR count). The summed E-state index contributed by atoms with van der Waals surface area (Å²) in [6, 6.07) is 27.1. The fourth-order valence-corrected chi connectivity index (χ4v) is 6.69. The third-order valence-corrected chi connectivity index (χ3v) is 9.23. The smallest absolute Gasteiger partial charge is 0.326 e. The Hall–Kier alpha value is -5.84. The summed E-state index contributed by atoms with van der Waals surface area (Å²) in [6.45, 7) is 0.931. The lowest BCUT2D eigenvalue weighted by Crippen LogP contribution is -2.40. The highest BCUT2D eigenvalue weighted by Gasteiger charge is 2.25. The standard InChI is InChI=1S/C38H40N8O3/c1-49-36-33(13-7-22-40-36)45-38(48)46(23-20-27-16-15-26-9-6-21-39-35(26)43-27)34-19-18-32(29-10-3-4-11-30(29)34)44-37(47)41-24-28-17-14-25-8-2-5-12-31(25)42-28/h2-13,18-19,21-22,27-28,42H,14-17,20,23-24H2,1H3,(H,39,43)(H,45,48)(H2,41,44,47). The number of amides is 4. The van der Waals surface area contributed by atoms with Gasteiger partial charge in [-0.2, -0.15) is 0 Å². The molecule has 0 radical (unpaired) electrons. The Morgan fingerprint density at radius 2 is 1.55 bits per heavy atom. The molecule has 0 saturated heterocycles. The van der Waals surface area contributed by atoms with E-state index in [-0.39, 0.29) is 24.1 Å². The number of ether oxygens (including phenoxy) is 1. The van der Waals surface area contributed by atoms with E-state index in [1.807, 2.05) is 48.5 Å². The van der Waals surface area contributed by atoms with Gasteiger partial charge in [-0.15, -0.1) is 0 Å². The molecule has 0 bridgehead atoms. The van der Waals surface area contributed by atoms with Crippen LogP contribution in [0.25, 0.3) is 10.8 Å². The van der Waals surface area contributed by atoms with Crippen LogP contribution in [0.3, 0.4) is 0 Å². The van der Waals surface area contributed by atoms with Gasteiger partial charge in [-0.25, -0.2) is 19.6 Å². The maximum Gasteiger partial charge on any atom is 0.326 e. The molecule has 2 aromatic heterocycles. The van der Waals surface area contributed by atoms with Crippen LogP contribution in [0, 0.1) is 0 Å². The summed E-state index contributed by atoms with van der Waals surface area (Å²) < 4.78 is 5.41. The minimum absolute atomic E-state index is 0.146. The number of rotatable bonds is 9. The van der Waals surface area contributed by atoms with Crippen molar-refractivity contribution in [3.8, 4) is 5.88 Å². The van der Waals surface area contributed by atoms with Crippen LogP contribution in [-0.4, -0.2) is 54.3 Å². The van der Waals surface area contributed by atoms with Crippen molar-refractivity contribution < 1.29 is 14.3 Å². The van der Waals surface area contributed by atoms with Gasteiger partial charge in [-0.05, 0) is 79.6 Å². The molecule has 4 amide bonds. The predicted octanol–water partition coefficient (Wildman–Crippen LogP) is 7.04. The zero-order chi connectivity index (χ0) is 33.6. The van der Waals surface area contributed by atoms with Crippen molar-refractivity contribution >= 4 is 51.4 Å². The number of anilines is 5. The quantitative estimate of drug-likeness (QED) is 0.115. The van der Waals surface area contributed by atoms with Crippen LogP contribution < -0.4 is 36.2 Å². The molecule has 11 nitrogen and oxygen atoms in total. The van der Waals surface area contributed by atoms with Crippen LogP contribution in [0.15, 0.2) is 97.3 Å². The number of nitrogens with one attached hydrogen (secondary N) is 5. The Balaban J connectivity index is 1.10. The highest BCUT2D eigenvalue weighted by molar-refractivity contribution is 6.12. The number of aryl methyl sites for hydroxylation is 2. The van der Waals surface area contributed by atoms with E-state index in [0.717, 1.165) is 53.6 Å². The van der Waals surface area contributed by atoms with Crippen LogP contribution in [0.5, 0.6) is 5.88 Å². The van der Waals surface area contributed by atoms with Gasteiger partial charge in [0.15, 0.2) is 0 Å². The van der Waals surface area contributed by atoms with Crippen molar-refractivity contribution in [3.05, 3.63) is 108 Å². The molecule has 11 heteroatoms. The molecule has 0 saturated carbocycles. The highest BCUT2D eigenvalue weighted by atomic mass is 16.5. The number of nitrogens with zero attached hydrogens (tertiary/aromatic N) is 3. The number of carbonyl (C=O) groups excluding carboxylic acids is 2. The number of pyridine rings is 2. The van der Waals surface area contributed by atoms with E-state index in [2.05, 4.69) is 60.8 Å². The van der Waals surface area contributed by atoms with Crippen molar-refractivity contribution in [1.29, 1.82) is 0 Å². The molecule has 2 atom stereocenters. The summed E-state index contributed by atoms with van der Waals surface area (Å²) in [5.41, 5.74) is 5.49. The summed E-state index contributed by atoms with van der Waals surface area (Å²) in [4.78, 5) is 37.7. The van der Waals surface area contributed by atoms with Gasteiger partial charge >= 0.3 is 12.1 Å². The number of methoxy groups -OCH3 is 1. The Kier molecular flexibility index (Phi) is 9.40. The lowest BCUT2D eigenvalue weighted by Gasteiger charge is -2.30. The molecule has 0 fully saturated rings. The topological polar surface area (TPSA) is 133 Å². The van der Waals surface area contributed by atoms with Crippen LogP contribution in [0.2, 0.25) is 0 Å². The van der Waals surface area contributed by atoms with Gasteiger partial charge in [-0.1, -0.05) is 48.5 Å². The molecule has 4 heterocycles. The maximum absolute atomic E-state index is 14.1. The number of carbonyl (C=O) groups is 2. The molecule has 0 aliphatic carbocycles. The Bertz CT molecular complexity index is 1970. The van der Waals surface area contributed by atoms with Crippen molar-refractivity contribution in [2.24, 2.45) is 0 Å². The molecule has 3 aromatic carbocycles. The fraction of sp³-hybridized carbons (Fsp3) is 0.263. The summed E-state index contributed by atoms with van der Waals surface area (Å²) in [6.07, 6.45) is 7.89. The lowest BCUT2D eigenvalue weighted by atomic mass is 9.98. The lowest BCUT2D eigenvalue weighted by molar-refractivity contribution is 0.251. The number of para-hydroxylation sites is 1. The number of hydrogen-bond donors (Lipinski definition) is 5. The monoisotopic (exact) mass is 656 g/mol. The molecule has 2 aliphatic rings. The molecule has 0 spiro atoms. The van der Waals surface area contributed by atoms with Gasteiger partial charge in [-0.3, -0.25) is 4.90 Å². The number of hydrogen-bond acceptors (Lipinski definition) is 7. The van der Waals surface area contributed by atoms with Crippen LogP contribution in [0.1, 0.15) is 30.4 Å². The molecule has 250 valence electrons. The van der Waals surface area contributed by atoms with Crippen LogP contribution in [-0.2, 0) is 12.8 Å². The van der Waals surface area contributed by atoms with E-state index in [4.69, 9.17) is 4.74 Å². The van der Waals surface area contributed by atoms with Gasteiger partial charge < -0.3 is 31.3 Å². The number of benzene rings is 3. The van der Waals surface area contributed by atoms with Crippen LogP contribution >= 0.6 is 0 Å². The van der Waals surface area contributed by atoms with E-state index < -0.39 is 0 Å². The second-order valence-corrected chi connectivity index (χ2v) is 12.4. The van der Waals surface area contributed by atoms with E-state index in [9.17, 15) is 9.59 Å². The third-order valence-electron chi connectivity index (χ3n) is 9.23. The first kappa shape index (κ1) is 31.7. The Morgan fingerprint density at radius 1 is 0.796 bits per heavy atom. The van der Waals surface area contributed by atoms with Crippen LogP contribution in [0.4, 0.5) is 38.2 Å². The summed E-state index contributed by atoms with van der Waals surface area (Å²) in [7, 11) is 1.52. The second-order valence-electron chi connectivity index (χ2n) is 12.4. The number of fused-ring (bicyclic) bond motifs is 3. The molecular weight excluding hydrogens is 616 g/mol. The Labute approximate surface area is 285 Å². The maximum atomic E-state index is 14.1. The van der Waals surface area contributed by atoms with Gasteiger partial charge in [0.05, 0.1) is 18.5 Å². The van der Waals surface area contributed by atoms with Crippen molar-refractivity contribution in [2.45, 2.75) is 44.2 Å². The Morgan fingerprint density at radius 3 is 2.45 bits per heavy atom. The second kappa shape index (κ2) is 14.5. The summed E-state index contributed by atoms with van der Waals surface area (Å²) in [5, 5.41) is 17.9. The molecule has 2 aliphatic heterocycles. The number of aromatic nitrogens is 2. The van der Waals surface area contributed by atoms with E-state index in [1.165, 1.54) is 18.2 Å². The molecule has 5 aromatic rings. The minimum Gasteiger partial charge on any atom is -0.480 e. The normalized spacial score (nSPS) is 16.3. The first-order valence-corrected chi connectivity index (χ1v) is 16.7. The average Bonchev–Trinajstić information content (AvgIpc) is 3.14. The van der Waals surface area contributed by atoms with Gasteiger partial charge in [0.1, 0.15) is 11.5 Å².